The Balaban J connectivity index is 0.810. The van der Waals surface area contributed by atoms with E-state index in [0.29, 0.717) is 40.1 Å². The summed E-state index contributed by atoms with van der Waals surface area (Å²) in [6.07, 6.45) is 4.68. The minimum absolute atomic E-state index is 0.00268. The van der Waals surface area contributed by atoms with Crippen molar-refractivity contribution in [2.45, 2.75) is 77.0 Å². The van der Waals surface area contributed by atoms with Gasteiger partial charge in [-0.1, -0.05) is 60.9 Å². The second-order valence-corrected chi connectivity index (χ2v) is 20.6. The highest BCUT2D eigenvalue weighted by atomic mass is 35.5. The molecule has 3 atom stereocenters. The van der Waals surface area contributed by atoms with Crippen molar-refractivity contribution in [2.75, 3.05) is 24.5 Å². The Labute approximate surface area is 385 Å². The van der Waals surface area contributed by atoms with E-state index in [1.54, 1.807) is 59.3 Å². The lowest BCUT2D eigenvalue weighted by molar-refractivity contribution is -0.140. The molecule has 2 aliphatic heterocycles. The molecule has 18 heteroatoms. The third kappa shape index (κ3) is 8.78. The molecule has 5 aromatic heterocycles. The van der Waals surface area contributed by atoms with E-state index in [0.717, 1.165) is 63.9 Å². The van der Waals surface area contributed by atoms with E-state index in [-0.39, 0.29) is 41.5 Å². The highest BCUT2D eigenvalue weighted by Gasteiger charge is 2.43. The van der Waals surface area contributed by atoms with Gasteiger partial charge >= 0.3 is 0 Å². The lowest BCUT2D eigenvalue weighted by atomic mass is 9.91. The number of phenolic OH excluding ortho intramolecular Hbond substituents is 1. The van der Waals surface area contributed by atoms with E-state index in [1.165, 1.54) is 15.3 Å². The summed E-state index contributed by atoms with van der Waals surface area (Å²) in [5, 5.41) is 35.7. The van der Waals surface area contributed by atoms with Crippen LogP contribution in [0.2, 0.25) is 5.02 Å². The van der Waals surface area contributed by atoms with Crippen molar-refractivity contribution >= 4 is 71.9 Å². The van der Waals surface area contributed by atoms with Gasteiger partial charge in [0.2, 0.25) is 17.8 Å². The molecule has 0 unspecified atom stereocenters. The van der Waals surface area contributed by atoms with Crippen molar-refractivity contribution in [3.8, 4) is 38.7 Å². The molecule has 0 radical (unpaired) electrons. The molecule has 0 bridgehead atoms. The number of aromatic nitrogens is 6. The predicted octanol–water partition coefficient (Wildman–Crippen LogP) is 7.39. The first-order chi connectivity index (χ1) is 30.9. The molecule has 9 rings (SSSR count). The topological polar surface area (TPSA) is 184 Å². The van der Waals surface area contributed by atoms with Crippen molar-refractivity contribution in [1.82, 2.24) is 40.2 Å². The molecule has 7 heterocycles. The van der Waals surface area contributed by atoms with Crippen LogP contribution in [0.5, 0.6) is 5.75 Å². The van der Waals surface area contributed by atoms with Crippen LogP contribution in [0.25, 0.3) is 43.2 Å². The number of phenols is 1. The fraction of sp³-hybridized carbons (Fsp3) is 0.348. The number of rotatable bonds is 12. The van der Waals surface area contributed by atoms with Crippen molar-refractivity contribution in [2.24, 2.45) is 5.92 Å². The SMILES string of the molecule is Cc1ncsc1-c1ccc(C[SiH2]NC(=O)[C@@H]2C[C@@H](O)CN2C(=O)[C@@H](c2cc(-c3cnc(N4CCC(c5sc6nnc(-c7cccc(Cl)c7O)cc6c5C)CC4)nc3)no2)C(C)C)cc1. The Morgan fingerprint density at radius 1 is 1.00 bits per heavy atom. The third-order valence-electron chi connectivity index (χ3n) is 12.4. The molecule has 2 amide bonds. The number of anilines is 1. The highest BCUT2D eigenvalue weighted by molar-refractivity contribution is 7.19. The minimum Gasteiger partial charge on any atom is -0.506 e. The van der Waals surface area contributed by atoms with E-state index in [1.807, 2.05) is 32.3 Å². The standard InChI is InChI=1S/C46H48ClN9O5S2Si/c1-24(2)39(45(60)56-21-31(57)16-37(56)43(59)54-64-22-27-8-10-28(11-9-27)42-26(4)50-23-62-42)38-18-35(53-61-38)30-19-48-46(49-20-30)55-14-12-29(13-15-55)41-25(3)33-17-36(51-52-44(33)63-41)32-6-5-7-34(47)40(32)58/h5-11,17-20,23-24,29,31,37,39,57-58H,12-16,21-22,64H2,1-4H3,(H,54,59)/t31-,37+,39-/m1/s1. The molecule has 64 heavy (non-hydrogen) atoms. The molecule has 330 valence electrons. The Bertz CT molecular complexity index is 2810. The van der Waals surface area contributed by atoms with Crippen LogP contribution in [0.4, 0.5) is 5.95 Å². The molecule has 0 saturated carbocycles. The maximum Gasteiger partial charge on any atom is 0.234 e. The molecule has 2 fully saturated rings. The number of carbonyl (C=O) groups excluding carboxylic acids is 2. The maximum atomic E-state index is 14.2. The molecular formula is C46H48ClN9O5S2Si. The number of nitrogens with one attached hydrogen (secondary N) is 1. The molecule has 2 aliphatic rings. The number of aryl methyl sites for hydroxylation is 2. The van der Waals surface area contributed by atoms with E-state index >= 15 is 0 Å². The zero-order valence-corrected chi connectivity index (χ0v) is 39.7. The first kappa shape index (κ1) is 43.6. The van der Waals surface area contributed by atoms with Crippen LogP contribution in [-0.4, -0.2) is 98.7 Å². The zero-order chi connectivity index (χ0) is 44.6. The minimum atomic E-state index is -1.04. The summed E-state index contributed by atoms with van der Waals surface area (Å²) in [4.78, 5) is 51.7. The van der Waals surface area contributed by atoms with E-state index < -0.39 is 27.7 Å². The van der Waals surface area contributed by atoms with Crippen molar-refractivity contribution < 1.29 is 24.3 Å². The van der Waals surface area contributed by atoms with Crippen LogP contribution in [0.1, 0.15) is 72.4 Å². The number of aromatic hydroxyl groups is 1. The van der Waals surface area contributed by atoms with Gasteiger partial charge in [-0.15, -0.1) is 32.9 Å². The number of fused-ring (bicyclic) bond motifs is 1. The number of aliphatic hydroxyl groups excluding tert-OH is 1. The molecule has 0 spiro atoms. The van der Waals surface area contributed by atoms with Gasteiger partial charge in [-0.05, 0) is 79.5 Å². The summed E-state index contributed by atoms with van der Waals surface area (Å²) in [5.74, 6) is -0.0262. The summed E-state index contributed by atoms with van der Waals surface area (Å²) >= 11 is 9.46. The molecule has 7 aromatic rings. The largest absolute Gasteiger partial charge is 0.506 e. The number of nitrogens with zero attached hydrogens (tertiary/aromatic N) is 8. The van der Waals surface area contributed by atoms with E-state index in [2.05, 4.69) is 61.4 Å². The number of hydrogen-bond acceptors (Lipinski definition) is 14. The Hall–Kier alpha value is -5.59. The second-order valence-electron chi connectivity index (χ2n) is 16.9. The van der Waals surface area contributed by atoms with Gasteiger partial charge in [0.25, 0.3) is 0 Å². The lowest BCUT2D eigenvalue weighted by Gasteiger charge is -2.31. The second kappa shape index (κ2) is 18.5. The van der Waals surface area contributed by atoms with Gasteiger partial charge in [-0.2, -0.15) is 0 Å². The van der Waals surface area contributed by atoms with Gasteiger partial charge < -0.3 is 29.5 Å². The average molecular weight is 935 g/mol. The van der Waals surface area contributed by atoms with Gasteiger partial charge in [-0.3, -0.25) is 9.59 Å². The lowest BCUT2D eigenvalue weighted by Crippen LogP contribution is -2.49. The molecule has 2 aromatic carbocycles. The number of β-amino-alcohol motifs (C(OH)–C–C–N with tert-alkyl or cyclic N) is 1. The van der Waals surface area contributed by atoms with Crippen molar-refractivity contribution in [3.05, 3.63) is 105 Å². The van der Waals surface area contributed by atoms with Crippen LogP contribution in [-0.2, 0) is 15.6 Å². The van der Waals surface area contributed by atoms with Crippen LogP contribution >= 0.6 is 34.3 Å². The first-order valence-electron chi connectivity index (χ1n) is 21.5. The van der Waals surface area contributed by atoms with Crippen molar-refractivity contribution in [1.29, 1.82) is 0 Å². The number of hydrogen-bond donors (Lipinski definition) is 3. The fourth-order valence-corrected chi connectivity index (χ4v) is 12.4. The number of likely N-dealkylation sites (tertiary alicyclic amines) is 1. The first-order valence-corrected chi connectivity index (χ1v) is 25.3. The summed E-state index contributed by atoms with van der Waals surface area (Å²) in [6.45, 7) is 9.64. The number of thiophene rings is 1. The van der Waals surface area contributed by atoms with E-state index in [4.69, 9.17) is 26.1 Å². The summed E-state index contributed by atoms with van der Waals surface area (Å²) in [5.41, 5.74) is 8.61. The summed E-state index contributed by atoms with van der Waals surface area (Å²) in [7, 11) is -1.04. The summed E-state index contributed by atoms with van der Waals surface area (Å²) < 4.78 is 5.82. The maximum absolute atomic E-state index is 14.2. The monoisotopic (exact) mass is 933 g/mol. The average Bonchev–Trinajstić information content (AvgIpc) is 4.12. The molecule has 3 N–H and O–H groups in total. The highest BCUT2D eigenvalue weighted by Crippen LogP contribution is 2.42. The van der Waals surface area contributed by atoms with Crippen LogP contribution in [0.3, 0.4) is 0 Å². The fourth-order valence-electron chi connectivity index (χ4n) is 8.88. The van der Waals surface area contributed by atoms with Gasteiger partial charge in [0.05, 0.1) is 32.9 Å². The molecular weight excluding hydrogens is 886 g/mol. The molecule has 14 nitrogen and oxygen atoms in total. The molecule has 2 saturated heterocycles. The number of amides is 2. The van der Waals surface area contributed by atoms with Gasteiger partial charge in [0, 0.05) is 65.9 Å². The number of thiazole rings is 1. The van der Waals surface area contributed by atoms with Gasteiger partial charge in [0.15, 0.2) is 0 Å². The smallest absolute Gasteiger partial charge is 0.234 e. The number of para-hydroxylation sites is 1. The zero-order valence-electron chi connectivity index (χ0n) is 35.9. The van der Waals surface area contributed by atoms with Crippen LogP contribution < -0.4 is 9.88 Å². The normalized spacial score (nSPS) is 17.6. The molecule has 0 aliphatic carbocycles. The van der Waals surface area contributed by atoms with Gasteiger partial charge in [0.1, 0.15) is 43.7 Å². The number of piperidine rings is 1. The number of carbonyl (C=O) groups is 2. The Morgan fingerprint density at radius 3 is 2.48 bits per heavy atom. The number of benzene rings is 2. The quantitative estimate of drug-likeness (QED) is 0.104. The Kier molecular flexibility index (Phi) is 12.6. The van der Waals surface area contributed by atoms with Crippen molar-refractivity contribution in [3.63, 3.8) is 0 Å². The van der Waals surface area contributed by atoms with Crippen LogP contribution in [0, 0.1) is 19.8 Å². The Morgan fingerprint density at radius 2 is 1.77 bits per heavy atom. The number of halogens is 1. The van der Waals surface area contributed by atoms with E-state index in [9.17, 15) is 19.8 Å². The third-order valence-corrected chi connectivity index (χ3v) is 16.5. The van der Waals surface area contributed by atoms with Gasteiger partial charge in [-0.25, -0.2) is 15.0 Å². The number of aliphatic hydroxyl groups is 1. The summed E-state index contributed by atoms with van der Waals surface area (Å²) in [6, 6.07) is 17.3. The van der Waals surface area contributed by atoms with Crippen LogP contribution in [0.15, 0.2) is 77.0 Å². The predicted molar refractivity (Wildman–Crippen MR) is 252 cm³/mol.